The molecule has 2 aromatic heterocycles. The lowest BCUT2D eigenvalue weighted by Crippen LogP contribution is -2.33. The average molecular weight is 407 g/mol. The van der Waals surface area contributed by atoms with Gasteiger partial charge < -0.3 is 4.74 Å². The van der Waals surface area contributed by atoms with E-state index in [1.54, 1.807) is 7.11 Å². The lowest BCUT2D eigenvalue weighted by Gasteiger charge is -2.25. The molecule has 0 radical (unpaired) electrons. The van der Waals surface area contributed by atoms with Crippen LogP contribution in [-0.2, 0) is 13.0 Å². The minimum Gasteiger partial charge on any atom is -0.497 e. The number of hydrogen-bond donors (Lipinski definition) is 1. The quantitative estimate of drug-likeness (QED) is 0.633. The van der Waals surface area contributed by atoms with Crippen molar-refractivity contribution in [2.75, 3.05) is 7.11 Å². The Kier molecular flexibility index (Phi) is 5.53. The summed E-state index contributed by atoms with van der Waals surface area (Å²) in [5, 5.41) is 0.357. The van der Waals surface area contributed by atoms with Crippen molar-refractivity contribution in [2.24, 2.45) is 0 Å². The van der Waals surface area contributed by atoms with Crippen molar-refractivity contribution in [1.29, 1.82) is 0 Å². The fraction of sp³-hybridized carbons (Fsp3) is 0.391. The van der Waals surface area contributed by atoms with Gasteiger partial charge in [-0.1, -0.05) is 31.9 Å². The first-order valence-electron chi connectivity index (χ1n) is 10.3. The van der Waals surface area contributed by atoms with Gasteiger partial charge in [-0.2, -0.15) is 0 Å². The number of Topliss-reactive ketones (excluding diaryl/α,β-unsaturated/α-hetero) is 1. The molecular formula is C23H25N3O4. The van der Waals surface area contributed by atoms with Crippen LogP contribution in [0.1, 0.15) is 60.0 Å². The van der Waals surface area contributed by atoms with E-state index in [-0.39, 0.29) is 11.7 Å². The van der Waals surface area contributed by atoms with Crippen LogP contribution >= 0.6 is 0 Å². The van der Waals surface area contributed by atoms with E-state index in [1.165, 1.54) is 10.8 Å². The number of benzene rings is 1. The van der Waals surface area contributed by atoms with Gasteiger partial charge in [0.1, 0.15) is 11.4 Å². The lowest BCUT2D eigenvalue weighted by atomic mass is 9.79. The standard InChI is InChI=1S/C23H25N3O4/c1-3-4-5-10-26-21-20(22(28)25-23(26)29)17-11-15(12-19(27)18(17)13-24-21)14-6-8-16(30-2)9-7-14/h6-9,13,15H,3-5,10-12H2,1-2H3,(H,25,28,29)/t15-/m1/s1. The van der Waals surface area contributed by atoms with Crippen LogP contribution < -0.4 is 16.0 Å². The Labute approximate surface area is 173 Å². The molecule has 0 spiro atoms. The highest BCUT2D eigenvalue weighted by atomic mass is 16.5. The molecule has 1 N–H and O–H groups in total. The van der Waals surface area contributed by atoms with E-state index in [0.717, 1.165) is 30.6 Å². The number of carbonyl (C=O) groups excluding carboxylic acids is 1. The van der Waals surface area contributed by atoms with E-state index < -0.39 is 11.2 Å². The number of pyridine rings is 1. The van der Waals surface area contributed by atoms with Gasteiger partial charge in [-0.15, -0.1) is 0 Å². The van der Waals surface area contributed by atoms with Crippen molar-refractivity contribution < 1.29 is 9.53 Å². The van der Waals surface area contributed by atoms with Crippen molar-refractivity contribution in [1.82, 2.24) is 14.5 Å². The third kappa shape index (κ3) is 3.56. The van der Waals surface area contributed by atoms with Crippen LogP contribution in [0.4, 0.5) is 0 Å². The van der Waals surface area contributed by atoms with Crippen molar-refractivity contribution in [3.8, 4) is 5.75 Å². The van der Waals surface area contributed by atoms with Crippen LogP contribution in [0.25, 0.3) is 11.0 Å². The second-order valence-corrected chi connectivity index (χ2v) is 7.77. The minimum atomic E-state index is -0.478. The Morgan fingerprint density at radius 2 is 1.90 bits per heavy atom. The first kappa shape index (κ1) is 20.1. The second-order valence-electron chi connectivity index (χ2n) is 7.77. The molecule has 1 atom stereocenters. The summed E-state index contributed by atoms with van der Waals surface area (Å²) in [6.45, 7) is 2.58. The molecule has 0 saturated heterocycles. The second kappa shape index (κ2) is 8.26. The molecule has 7 heteroatoms. The van der Waals surface area contributed by atoms with E-state index in [9.17, 15) is 14.4 Å². The number of fused-ring (bicyclic) bond motifs is 3. The van der Waals surface area contributed by atoms with Gasteiger partial charge in [0.05, 0.1) is 12.5 Å². The van der Waals surface area contributed by atoms with E-state index >= 15 is 0 Å². The largest absolute Gasteiger partial charge is 0.497 e. The van der Waals surface area contributed by atoms with Crippen LogP contribution in [-0.4, -0.2) is 27.4 Å². The SMILES string of the molecule is CCCCCn1c(=O)[nH]c(=O)c2c3c(cnc21)C(=O)C[C@H](c1ccc(OC)cc1)C3. The first-order chi connectivity index (χ1) is 14.5. The molecule has 0 fully saturated rings. The maximum absolute atomic E-state index is 12.9. The van der Waals surface area contributed by atoms with Gasteiger partial charge in [0.2, 0.25) is 0 Å². The zero-order valence-electron chi connectivity index (χ0n) is 17.2. The topological polar surface area (TPSA) is 94.0 Å². The summed E-state index contributed by atoms with van der Waals surface area (Å²) in [4.78, 5) is 44.8. The zero-order valence-corrected chi connectivity index (χ0v) is 17.2. The number of H-pyrrole nitrogens is 1. The number of nitrogens with zero attached hydrogens (tertiary/aromatic N) is 2. The molecule has 0 amide bonds. The number of nitrogens with one attached hydrogen (secondary N) is 1. The van der Waals surface area contributed by atoms with Crippen molar-refractivity contribution in [3.63, 3.8) is 0 Å². The van der Waals surface area contributed by atoms with Crippen molar-refractivity contribution in [3.05, 3.63) is 68.0 Å². The van der Waals surface area contributed by atoms with Gasteiger partial charge in [-0.25, -0.2) is 9.78 Å². The fourth-order valence-corrected chi connectivity index (χ4v) is 4.25. The molecule has 30 heavy (non-hydrogen) atoms. The highest BCUT2D eigenvalue weighted by Crippen LogP contribution is 2.35. The van der Waals surface area contributed by atoms with E-state index in [0.29, 0.717) is 41.5 Å². The number of carbonyl (C=O) groups is 1. The normalized spacial score (nSPS) is 15.9. The molecule has 3 aromatic rings. The minimum absolute atomic E-state index is 0.0328. The maximum atomic E-state index is 12.9. The number of aromatic nitrogens is 3. The van der Waals surface area contributed by atoms with E-state index in [1.807, 2.05) is 24.3 Å². The van der Waals surface area contributed by atoms with Gasteiger partial charge in [0.25, 0.3) is 5.56 Å². The zero-order chi connectivity index (χ0) is 21.3. The molecule has 1 aromatic carbocycles. The van der Waals surface area contributed by atoms with Crippen LogP contribution in [0.5, 0.6) is 5.75 Å². The number of ketones is 1. The van der Waals surface area contributed by atoms with Gasteiger partial charge in [-0.3, -0.25) is 19.1 Å². The van der Waals surface area contributed by atoms with Crippen LogP contribution in [0.2, 0.25) is 0 Å². The van der Waals surface area contributed by atoms with Crippen molar-refractivity contribution >= 4 is 16.8 Å². The summed E-state index contributed by atoms with van der Waals surface area (Å²) in [5.74, 6) is 0.680. The molecule has 0 saturated carbocycles. The predicted molar refractivity (Wildman–Crippen MR) is 115 cm³/mol. The summed E-state index contributed by atoms with van der Waals surface area (Å²) < 4.78 is 6.74. The van der Waals surface area contributed by atoms with E-state index in [4.69, 9.17) is 4.74 Å². The Morgan fingerprint density at radius 3 is 2.60 bits per heavy atom. The van der Waals surface area contributed by atoms with E-state index in [2.05, 4.69) is 16.9 Å². The average Bonchev–Trinajstić information content (AvgIpc) is 2.75. The number of ether oxygens (including phenoxy) is 1. The summed E-state index contributed by atoms with van der Waals surface area (Å²) in [6, 6.07) is 7.66. The van der Waals surface area contributed by atoms with Gasteiger partial charge in [-0.05, 0) is 42.0 Å². The summed E-state index contributed by atoms with van der Waals surface area (Å²) in [7, 11) is 1.61. The van der Waals surface area contributed by atoms with Crippen LogP contribution in [0.3, 0.4) is 0 Å². The molecule has 0 unspecified atom stereocenters. The van der Waals surface area contributed by atoms with Crippen molar-refractivity contribution in [2.45, 2.75) is 51.5 Å². The number of methoxy groups -OCH3 is 1. The number of aromatic amines is 1. The summed E-state index contributed by atoms with van der Waals surface area (Å²) in [6.07, 6.45) is 5.26. The third-order valence-corrected chi connectivity index (χ3v) is 5.87. The molecule has 156 valence electrons. The highest BCUT2D eigenvalue weighted by Gasteiger charge is 2.30. The number of aryl methyl sites for hydroxylation is 1. The molecule has 1 aliphatic rings. The molecular weight excluding hydrogens is 382 g/mol. The van der Waals surface area contributed by atoms with Crippen LogP contribution in [0.15, 0.2) is 40.1 Å². The van der Waals surface area contributed by atoms with Crippen LogP contribution in [0, 0.1) is 0 Å². The molecule has 0 bridgehead atoms. The highest BCUT2D eigenvalue weighted by molar-refractivity contribution is 6.02. The number of rotatable bonds is 6. The monoisotopic (exact) mass is 407 g/mol. The Morgan fingerprint density at radius 1 is 1.13 bits per heavy atom. The van der Waals surface area contributed by atoms with Gasteiger partial charge in [0.15, 0.2) is 5.78 Å². The Hall–Kier alpha value is -3.22. The fourth-order valence-electron chi connectivity index (χ4n) is 4.25. The van der Waals surface area contributed by atoms with Gasteiger partial charge in [0, 0.05) is 24.7 Å². The summed E-state index contributed by atoms with van der Waals surface area (Å²) in [5.41, 5.74) is 1.62. The molecule has 0 aliphatic heterocycles. The lowest BCUT2D eigenvalue weighted by molar-refractivity contribution is 0.0964. The molecule has 2 heterocycles. The first-order valence-corrected chi connectivity index (χ1v) is 10.3. The summed E-state index contributed by atoms with van der Waals surface area (Å²) >= 11 is 0. The smallest absolute Gasteiger partial charge is 0.329 e. The maximum Gasteiger partial charge on any atom is 0.329 e. The Bertz CT molecular complexity index is 1210. The molecule has 7 nitrogen and oxygen atoms in total. The Balaban J connectivity index is 1.82. The number of unbranched alkanes of at least 4 members (excludes halogenated alkanes) is 2. The third-order valence-electron chi connectivity index (χ3n) is 5.87. The van der Waals surface area contributed by atoms with Gasteiger partial charge >= 0.3 is 5.69 Å². The predicted octanol–water partition coefficient (Wildman–Crippen LogP) is 3.20. The molecule has 4 rings (SSSR count). The number of hydrogen-bond acceptors (Lipinski definition) is 5. The molecule has 1 aliphatic carbocycles.